The highest BCUT2D eigenvalue weighted by Crippen LogP contribution is 2.42. The Balaban J connectivity index is 1.44. The summed E-state index contributed by atoms with van der Waals surface area (Å²) in [5.74, 6) is 1.69. The van der Waals surface area contributed by atoms with E-state index < -0.39 is 0 Å². The van der Waals surface area contributed by atoms with Gasteiger partial charge in [0, 0.05) is 54.6 Å². The van der Waals surface area contributed by atoms with Crippen molar-refractivity contribution in [2.24, 2.45) is 5.92 Å². The third-order valence-corrected chi connectivity index (χ3v) is 7.84. The molecule has 0 spiro atoms. The molecule has 1 saturated heterocycles. The van der Waals surface area contributed by atoms with Gasteiger partial charge in [-0.1, -0.05) is 44.5 Å². The van der Waals surface area contributed by atoms with Crippen LogP contribution in [-0.2, 0) is 15.9 Å². The Labute approximate surface area is 239 Å². The summed E-state index contributed by atoms with van der Waals surface area (Å²) in [6, 6.07) is 5.13. The second kappa shape index (κ2) is 12.5. The lowest BCUT2D eigenvalue weighted by molar-refractivity contribution is 0.126. The summed E-state index contributed by atoms with van der Waals surface area (Å²) in [4.78, 5) is 4.80. The molecular weight excluding hydrogens is 501 g/mol. The van der Waals surface area contributed by atoms with Crippen LogP contribution in [-0.4, -0.2) is 43.2 Å². The molecule has 4 rings (SSSR count). The smallest absolute Gasteiger partial charge is 0.142 e. The average molecular weight is 544 g/mol. The molecule has 1 aromatic rings. The van der Waals surface area contributed by atoms with Gasteiger partial charge in [0.05, 0.1) is 19.4 Å². The Bertz CT molecular complexity index is 1370. The molecule has 3 aliphatic rings. The molecule has 1 fully saturated rings. The number of piperidine rings is 1. The normalized spacial score (nSPS) is 20.8. The number of likely N-dealkylation sites (tertiary alicyclic amines) is 1. The lowest BCUT2D eigenvalue weighted by atomic mass is 9.86. The number of methoxy groups -OCH3 is 1. The van der Waals surface area contributed by atoms with Crippen molar-refractivity contribution in [1.82, 2.24) is 9.80 Å². The molecule has 0 amide bonds. The summed E-state index contributed by atoms with van der Waals surface area (Å²) < 4.78 is 25.9. The third-order valence-electron chi connectivity index (χ3n) is 7.84. The lowest BCUT2D eigenvalue weighted by Crippen LogP contribution is -2.40. The minimum absolute atomic E-state index is 0.294. The number of rotatable bonds is 8. The van der Waals surface area contributed by atoms with Crippen LogP contribution in [0.15, 0.2) is 107 Å². The van der Waals surface area contributed by atoms with Gasteiger partial charge in [0.2, 0.25) is 0 Å². The lowest BCUT2D eigenvalue weighted by Gasteiger charge is -2.44. The van der Waals surface area contributed by atoms with Gasteiger partial charge in [-0.25, -0.2) is 4.39 Å². The van der Waals surface area contributed by atoms with Crippen molar-refractivity contribution in [1.29, 1.82) is 0 Å². The molecule has 1 N–H and O–H groups in total. The van der Waals surface area contributed by atoms with Crippen molar-refractivity contribution >= 4 is 5.69 Å². The predicted molar refractivity (Wildman–Crippen MR) is 162 cm³/mol. The molecule has 2 heterocycles. The van der Waals surface area contributed by atoms with Gasteiger partial charge < -0.3 is 24.6 Å². The highest BCUT2D eigenvalue weighted by molar-refractivity contribution is 5.51. The van der Waals surface area contributed by atoms with E-state index in [2.05, 4.69) is 67.4 Å². The zero-order valence-corrected chi connectivity index (χ0v) is 24.6. The molecule has 2 aliphatic heterocycles. The summed E-state index contributed by atoms with van der Waals surface area (Å²) in [5.41, 5.74) is 12.1. The van der Waals surface area contributed by atoms with Crippen LogP contribution in [0.25, 0.3) is 0 Å². The first-order valence-corrected chi connectivity index (χ1v) is 13.9. The zero-order chi connectivity index (χ0) is 29.0. The van der Waals surface area contributed by atoms with Crippen LogP contribution in [0, 0.1) is 11.7 Å². The van der Waals surface area contributed by atoms with Crippen LogP contribution < -0.4 is 5.32 Å². The molecule has 1 unspecified atom stereocenters. The maximum Gasteiger partial charge on any atom is 0.142 e. The van der Waals surface area contributed by atoms with E-state index in [4.69, 9.17) is 9.47 Å². The van der Waals surface area contributed by atoms with Gasteiger partial charge in [-0.15, -0.1) is 0 Å². The van der Waals surface area contributed by atoms with E-state index in [0.717, 1.165) is 55.2 Å². The largest absolute Gasteiger partial charge is 0.494 e. The number of benzene rings is 1. The van der Waals surface area contributed by atoms with Crippen LogP contribution in [0.2, 0.25) is 0 Å². The first-order valence-electron chi connectivity index (χ1n) is 13.9. The number of halogens is 1. The van der Waals surface area contributed by atoms with Gasteiger partial charge in [0.25, 0.3) is 0 Å². The van der Waals surface area contributed by atoms with Crippen molar-refractivity contribution in [2.45, 2.75) is 47.0 Å². The quantitative estimate of drug-likeness (QED) is 0.270. The first kappa shape index (κ1) is 29.1. The minimum Gasteiger partial charge on any atom is -0.494 e. The molecule has 40 heavy (non-hydrogen) atoms. The fourth-order valence-corrected chi connectivity index (χ4v) is 5.85. The van der Waals surface area contributed by atoms with Crippen molar-refractivity contribution in [3.63, 3.8) is 0 Å². The number of allylic oxidation sites excluding steroid dienone is 8. The summed E-state index contributed by atoms with van der Waals surface area (Å²) in [7, 11) is 1.54. The molecule has 0 bridgehead atoms. The molecule has 0 aromatic heterocycles. The van der Waals surface area contributed by atoms with E-state index in [1.54, 1.807) is 6.07 Å². The second-order valence-corrected chi connectivity index (χ2v) is 10.9. The van der Waals surface area contributed by atoms with Crippen molar-refractivity contribution in [2.75, 3.05) is 38.7 Å². The van der Waals surface area contributed by atoms with Gasteiger partial charge in [-0.2, -0.15) is 0 Å². The van der Waals surface area contributed by atoms with Crippen LogP contribution in [0.5, 0.6) is 0 Å². The summed E-state index contributed by atoms with van der Waals surface area (Å²) in [6.45, 7) is 24.1. The van der Waals surface area contributed by atoms with E-state index in [1.165, 1.54) is 35.7 Å². The molecular formula is C34H42FN3O2. The summed E-state index contributed by atoms with van der Waals surface area (Å²) in [6.07, 6.45) is 6.32. The number of anilines is 1. The van der Waals surface area contributed by atoms with Crippen LogP contribution >= 0.6 is 0 Å². The number of hydrogen-bond acceptors (Lipinski definition) is 5. The average Bonchev–Trinajstić information content (AvgIpc) is 2.91. The Hall–Kier alpha value is -3.89. The maximum atomic E-state index is 14.6. The molecule has 1 atom stereocenters. The zero-order valence-electron chi connectivity index (χ0n) is 24.6. The highest BCUT2D eigenvalue weighted by Gasteiger charge is 2.35. The fourth-order valence-electron chi connectivity index (χ4n) is 5.85. The van der Waals surface area contributed by atoms with Crippen molar-refractivity contribution < 1.29 is 13.9 Å². The molecule has 0 saturated carbocycles. The Kier molecular flexibility index (Phi) is 9.11. The highest BCUT2D eigenvalue weighted by atomic mass is 19.1. The molecule has 212 valence electrons. The SMILES string of the molecule is C=C=C(Cc1ccc(N/C(C)=C/C=C2/CCN(C3=C(C)C4=C(CC3C)OCCN4C(=C)C)CC2=C)cc1F)OC. The van der Waals surface area contributed by atoms with Gasteiger partial charge in [0.15, 0.2) is 0 Å². The molecule has 1 aromatic carbocycles. The van der Waals surface area contributed by atoms with Crippen molar-refractivity contribution in [3.8, 4) is 0 Å². The fraction of sp³-hybridized carbons (Fsp3) is 0.382. The van der Waals surface area contributed by atoms with Gasteiger partial charge in [-0.05, 0) is 67.7 Å². The third kappa shape index (κ3) is 6.29. The molecule has 6 heteroatoms. The van der Waals surface area contributed by atoms with E-state index >= 15 is 0 Å². The number of ether oxygens (including phenoxy) is 2. The first-order chi connectivity index (χ1) is 19.1. The molecule has 5 nitrogen and oxygen atoms in total. The van der Waals surface area contributed by atoms with Crippen molar-refractivity contribution in [3.05, 3.63) is 118 Å². The van der Waals surface area contributed by atoms with Crippen LogP contribution in [0.4, 0.5) is 10.1 Å². The van der Waals surface area contributed by atoms with E-state index in [0.29, 0.717) is 36.0 Å². The van der Waals surface area contributed by atoms with Gasteiger partial charge in [0.1, 0.15) is 23.9 Å². The maximum absolute atomic E-state index is 14.6. The standard InChI is InChI=1S/C34H42FN3O2/c1-9-30(39-8)19-28-12-13-29(20-31(28)35)36-25(6)10-11-27-14-15-37(21-24(27)5)33-23(4)18-32-34(26(33)7)38(22(2)3)16-17-40-32/h10-13,20,23,36H,1-2,5,14-19,21H2,3-4,6-8H3/b25-10+,27-11-. The van der Waals surface area contributed by atoms with Gasteiger partial charge in [-0.3, -0.25) is 0 Å². The number of nitrogens with zero attached hydrogens (tertiary/aromatic N) is 2. The summed E-state index contributed by atoms with van der Waals surface area (Å²) in [5, 5.41) is 3.29. The Morgan fingerprint density at radius 3 is 2.73 bits per heavy atom. The topological polar surface area (TPSA) is 37.0 Å². The monoisotopic (exact) mass is 543 g/mol. The van der Waals surface area contributed by atoms with Gasteiger partial charge >= 0.3 is 0 Å². The Morgan fingerprint density at radius 1 is 1.30 bits per heavy atom. The van der Waals surface area contributed by atoms with Crippen LogP contribution in [0.1, 0.15) is 46.1 Å². The van der Waals surface area contributed by atoms with E-state index in [-0.39, 0.29) is 5.82 Å². The van der Waals surface area contributed by atoms with E-state index in [1.807, 2.05) is 19.1 Å². The Morgan fingerprint density at radius 2 is 2.08 bits per heavy atom. The number of nitrogens with one attached hydrogen (secondary N) is 1. The van der Waals surface area contributed by atoms with E-state index in [9.17, 15) is 4.39 Å². The minimum atomic E-state index is -0.294. The summed E-state index contributed by atoms with van der Waals surface area (Å²) >= 11 is 0. The molecule has 0 radical (unpaired) electrons. The number of hydrogen-bond donors (Lipinski definition) is 1. The van der Waals surface area contributed by atoms with Crippen LogP contribution in [0.3, 0.4) is 0 Å². The predicted octanol–water partition coefficient (Wildman–Crippen LogP) is 7.58. The molecule has 1 aliphatic carbocycles. The second-order valence-electron chi connectivity index (χ2n) is 10.9.